The van der Waals surface area contributed by atoms with E-state index in [4.69, 9.17) is 0 Å². The van der Waals surface area contributed by atoms with E-state index in [1.54, 1.807) is 0 Å². The summed E-state index contributed by atoms with van der Waals surface area (Å²) < 4.78 is 23.8. The first kappa shape index (κ1) is 17.3. The molecule has 0 aliphatic carbocycles. The molecule has 0 bridgehead atoms. The van der Waals surface area contributed by atoms with E-state index in [1.807, 2.05) is 0 Å². The molecule has 0 heterocycles. The number of rotatable bonds is 0. The molecular formula is C8H9F2Y. The Labute approximate surface area is 91.9 Å². The molecule has 0 aliphatic heterocycles. The van der Waals surface area contributed by atoms with Crippen LogP contribution in [0.25, 0.3) is 0 Å². The smallest absolute Gasteiger partial charge is 0.358 e. The summed E-state index contributed by atoms with van der Waals surface area (Å²) in [4.78, 5) is 0. The molecule has 1 aromatic carbocycles. The zero-order valence-corrected chi connectivity index (χ0v) is 9.40. The van der Waals surface area contributed by atoms with Crippen LogP contribution in [0, 0.1) is 32.6 Å². The predicted molar refractivity (Wildman–Crippen MR) is 38.0 cm³/mol. The molecular weight excluding hydrogens is 223 g/mol. The van der Waals surface area contributed by atoms with E-state index >= 15 is 0 Å². The van der Waals surface area contributed by atoms with Crippen molar-refractivity contribution < 1.29 is 41.5 Å². The Morgan fingerprint density at radius 2 is 1.73 bits per heavy atom. The van der Waals surface area contributed by atoms with E-state index in [9.17, 15) is 8.78 Å². The van der Waals surface area contributed by atoms with Crippen LogP contribution in [0.5, 0.6) is 0 Å². The van der Waals surface area contributed by atoms with Crippen molar-refractivity contribution in [3.8, 4) is 0 Å². The van der Waals surface area contributed by atoms with Gasteiger partial charge < -0.3 is 14.9 Å². The van der Waals surface area contributed by atoms with Crippen LogP contribution in [-0.2, 0) is 32.7 Å². The molecule has 0 nitrogen and oxygen atoms in total. The summed E-state index contributed by atoms with van der Waals surface area (Å²) in [6.07, 6.45) is 0. The number of hydrogen-bond acceptors (Lipinski definition) is 0. The second-order valence-electron chi connectivity index (χ2n) is 1.33. The molecule has 0 saturated heterocycles. The Kier molecular flexibility index (Phi) is 13.0. The molecule has 1 aromatic rings. The second-order valence-corrected chi connectivity index (χ2v) is 1.33. The van der Waals surface area contributed by atoms with Gasteiger partial charge in [-0.1, -0.05) is 0 Å². The van der Waals surface area contributed by atoms with E-state index in [2.05, 4.69) is 6.07 Å². The van der Waals surface area contributed by atoms with Crippen LogP contribution >= 0.6 is 0 Å². The zero-order valence-electron chi connectivity index (χ0n) is 6.57. The van der Waals surface area contributed by atoms with Gasteiger partial charge in [-0.05, 0) is 0 Å². The second kappa shape index (κ2) is 8.28. The number of hydrogen-bond donors (Lipinski definition) is 0. The van der Waals surface area contributed by atoms with Gasteiger partial charge in [-0.3, -0.25) is 4.39 Å². The summed E-state index contributed by atoms with van der Waals surface area (Å²) in [6, 6.07) is 5.81. The summed E-state index contributed by atoms with van der Waals surface area (Å²) in [5, 5.41) is 0. The van der Waals surface area contributed by atoms with Gasteiger partial charge in [-0.25, -0.2) is 4.39 Å². The Morgan fingerprint density at radius 1 is 1.18 bits per heavy atom. The molecule has 0 unspecified atom stereocenters. The van der Waals surface area contributed by atoms with Crippen LogP contribution in [0.4, 0.5) is 8.78 Å². The van der Waals surface area contributed by atoms with Crippen LogP contribution in [0.2, 0.25) is 0 Å². The minimum atomic E-state index is -0.924. The molecule has 0 N–H and O–H groups in total. The molecule has 0 saturated carbocycles. The summed E-state index contributed by atoms with van der Waals surface area (Å²) >= 11 is 0. The van der Waals surface area contributed by atoms with Gasteiger partial charge in [0.25, 0.3) is 0 Å². The molecule has 3 heteroatoms. The Bertz CT molecular complexity index is 168. The maximum absolute atomic E-state index is 11.9. The normalized spacial score (nSPS) is 6.73. The first-order valence-corrected chi connectivity index (χ1v) is 2.12. The van der Waals surface area contributed by atoms with Crippen molar-refractivity contribution in [1.29, 1.82) is 0 Å². The zero-order chi connectivity index (χ0) is 5.98. The van der Waals surface area contributed by atoms with Crippen molar-refractivity contribution in [3.05, 3.63) is 50.8 Å². The standard InChI is InChI=1S/C6H3F2.2CH3.Y/c7-5-3-1-2-4-6(5)8;;;/h1-3H;2*1H3;/q3*-1;+3. The number of halogens is 2. The minimum Gasteiger partial charge on any atom is -0.358 e. The van der Waals surface area contributed by atoms with Crippen LogP contribution in [0.1, 0.15) is 0 Å². The summed E-state index contributed by atoms with van der Waals surface area (Å²) in [5.41, 5.74) is 0. The van der Waals surface area contributed by atoms with Crippen LogP contribution in [-0.4, -0.2) is 0 Å². The van der Waals surface area contributed by atoms with Gasteiger partial charge in [-0.2, -0.15) is 12.1 Å². The van der Waals surface area contributed by atoms with Gasteiger partial charge in [0.05, 0.1) is 0 Å². The predicted octanol–water partition coefficient (Wildman–Crippen LogP) is 2.66. The molecule has 0 aromatic heterocycles. The Balaban J connectivity index is -0.000000213. The maximum Gasteiger partial charge on any atom is 3.00 e. The fraction of sp³-hybridized carbons (Fsp3) is 0. The first-order chi connectivity index (χ1) is 3.80. The third-order valence-electron chi connectivity index (χ3n) is 0.759. The van der Waals surface area contributed by atoms with Crippen molar-refractivity contribution in [2.75, 3.05) is 0 Å². The summed E-state index contributed by atoms with van der Waals surface area (Å²) in [5.74, 6) is -1.78. The quantitative estimate of drug-likeness (QED) is 0.603. The van der Waals surface area contributed by atoms with Gasteiger partial charge in [0.2, 0.25) is 0 Å². The molecule has 0 amide bonds. The molecule has 0 aliphatic rings. The van der Waals surface area contributed by atoms with Crippen LogP contribution in [0.3, 0.4) is 0 Å². The third kappa shape index (κ3) is 5.45. The molecule has 1 rings (SSSR count). The van der Waals surface area contributed by atoms with Crippen LogP contribution < -0.4 is 0 Å². The van der Waals surface area contributed by atoms with Crippen molar-refractivity contribution in [2.24, 2.45) is 0 Å². The van der Waals surface area contributed by atoms with Gasteiger partial charge in [0.1, 0.15) is 0 Å². The SMILES string of the molecule is Fc1[c-]cccc1F.[CH3-].[CH3-].[Y+3]. The van der Waals surface area contributed by atoms with E-state index in [0.29, 0.717) is 0 Å². The summed E-state index contributed by atoms with van der Waals surface area (Å²) in [6.45, 7) is 0. The van der Waals surface area contributed by atoms with Gasteiger partial charge in [0.15, 0.2) is 0 Å². The average Bonchev–Trinajstić information content (AvgIpc) is 1.77. The topological polar surface area (TPSA) is 0 Å². The van der Waals surface area contributed by atoms with Crippen molar-refractivity contribution in [1.82, 2.24) is 0 Å². The van der Waals surface area contributed by atoms with Crippen LogP contribution in [0.15, 0.2) is 18.2 Å². The van der Waals surface area contributed by atoms with Gasteiger partial charge in [-0.15, -0.1) is 12.1 Å². The molecule has 58 valence electrons. The van der Waals surface area contributed by atoms with Gasteiger partial charge >= 0.3 is 32.7 Å². The fourth-order valence-corrected chi connectivity index (χ4v) is 0.396. The molecule has 0 spiro atoms. The Hall–Kier alpha value is 0.184. The fourth-order valence-electron chi connectivity index (χ4n) is 0.396. The first-order valence-electron chi connectivity index (χ1n) is 2.12. The summed E-state index contributed by atoms with van der Waals surface area (Å²) in [7, 11) is 0. The molecule has 0 atom stereocenters. The van der Waals surface area contributed by atoms with E-state index in [-0.39, 0.29) is 47.6 Å². The average molecular weight is 232 g/mol. The monoisotopic (exact) mass is 232 g/mol. The Morgan fingerprint density at radius 3 is 2.00 bits per heavy atom. The van der Waals surface area contributed by atoms with E-state index in [0.717, 1.165) is 6.07 Å². The van der Waals surface area contributed by atoms with Crippen molar-refractivity contribution in [3.63, 3.8) is 0 Å². The third-order valence-corrected chi connectivity index (χ3v) is 0.759. The van der Waals surface area contributed by atoms with E-state index < -0.39 is 11.6 Å². The molecule has 11 heavy (non-hydrogen) atoms. The van der Waals surface area contributed by atoms with Gasteiger partial charge in [0, 0.05) is 11.6 Å². The minimum absolute atomic E-state index is 0. The number of benzene rings is 1. The van der Waals surface area contributed by atoms with Crippen molar-refractivity contribution in [2.45, 2.75) is 0 Å². The molecule has 0 fully saturated rings. The van der Waals surface area contributed by atoms with E-state index in [1.165, 1.54) is 12.1 Å². The van der Waals surface area contributed by atoms with Crippen molar-refractivity contribution >= 4 is 0 Å². The maximum atomic E-state index is 11.9. The largest absolute Gasteiger partial charge is 3.00 e. The molecule has 0 radical (unpaired) electrons.